The molecule has 0 aliphatic heterocycles. The van der Waals surface area contributed by atoms with Crippen molar-refractivity contribution in [2.75, 3.05) is 13.2 Å². The van der Waals surface area contributed by atoms with Crippen LogP contribution in [-0.4, -0.2) is 36.8 Å². The standard InChI is InChI=1S/C16H21ClN2O4/c1-4-13(20)12-7-11(17)5-6-14(12)23-9-16(22)18-8-15(21)19-10(2)3/h5-7,10H,4,8-9H2,1-3H3,(H,18,22)(H,19,21). The lowest BCUT2D eigenvalue weighted by atomic mass is 10.1. The molecule has 0 unspecified atom stereocenters. The average molecular weight is 341 g/mol. The van der Waals surface area contributed by atoms with E-state index >= 15 is 0 Å². The summed E-state index contributed by atoms with van der Waals surface area (Å²) >= 11 is 5.88. The number of ether oxygens (including phenoxy) is 1. The van der Waals surface area contributed by atoms with E-state index in [0.717, 1.165) is 0 Å². The van der Waals surface area contributed by atoms with Gasteiger partial charge in [-0.25, -0.2) is 0 Å². The van der Waals surface area contributed by atoms with Crippen LogP contribution < -0.4 is 15.4 Å². The summed E-state index contributed by atoms with van der Waals surface area (Å²) in [6.45, 7) is 4.97. The molecule has 0 spiro atoms. The van der Waals surface area contributed by atoms with Gasteiger partial charge in [-0.15, -0.1) is 0 Å². The van der Waals surface area contributed by atoms with Gasteiger partial charge >= 0.3 is 0 Å². The van der Waals surface area contributed by atoms with Crippen LogP contribution in [0.4, 0.5) is 0 Å². The summed E-state index contributed by atoms with van der Waals surface area (Å²) in [5.74, 6) is -0.558. The normalized spacial score (nSPS) is 10.3. The Hall–Kier alpha value is -2.08. The molecular formula is C16H21ClN2O4. The minimum Gasteiger partial charge on any atom is -0.483 e. The maximum atomic E-state index is 11.9. The SMILES string of the molecule is CCC(=O)c1cc(Cl)ccc1OCC(=O)NCC(=O)NC(C)C. The van der Waals surface area contributed by atoms with Crippen molar-refractivity contribution in [1.82, 2.24) is 10.6 Å². The predicted molar refractivity (Wildman–Crippen MR) is 87.9 cm³/mol. The number of ketones is 1. The highest BCUT2D eigenvalue weighted by Crippen LogP contribution is 2.24. The van der Waals surface area contributed by atoms with Gasteiger partial charge in [-0.3, -0.25) is 14.4 Å². The number of benzene rings is 1. The fourth-order valence-corrected chi connectivity index (χ4v) is 1.95. The van der Waals surface area contributed by atoms with E-state index < -0.39 is 5.91 Å². The lowest BCUT2D eigenvalue weighted by molar-refractivity contribution is -0.127. The summed E-state index contributed by atoms with van der Waals surface area (Å²) < 4.78 is 5.37. The van der Waals surface area contributed by atoms with Gasteiger partial charge in [-0.05, 0) is 32.0 Å². The van der Waals surface area contributed by atoms with Crippen molar-refractivity contribution in [3.63, 3.8) is 0 Å². The van der Waals surface area contributed by atoms with Crippen LogP contribution in [0.5, 0.6) is 5.75 Å². The monoisotopic (exact) mass is 340 g/mol. The highest BCUT2D eigenvalue weighted by atomic mass is 35.5. The highest BCUT2D eigenvalue weighted by molar-refractivity contribution is 6.31. The largest absolute Gasteiger partial charge is 0.483 e. The molecule has 1 aromatic carbocycles. The predicted octanol–water partition coefficient (Wildman–Crippen LogP) is 1.95. The maximum absolute atomic E-state index is 11.9. The van der Waals surface area contributed by atoms with Gasteiger partial charge in [0.1, 0.15) is 5.75 Å². The molecule has 2 N–H and O–H groups in total. The number of hydrogen-bond donors (Lipinski definition) is 2. The molecule has 23 heavy (non-hydrogen) atoms. The zero-order chi connectivity index (χ0) is 17.4. The molecule has 7 heteroatoms. The Morgan fingerprint density at radius 2 is 1.91 bits per heavy atom. The minimum atomic E-state index is -0.450. The van der Waals surface area contributed by atoms with E-state index in [0.29, 0.717) is 22.8 Å². The van der Waals surface area contributed by atoms with Crippen LogP contribution >= 0.6 is 11.6 Å². The van der Waals surface area contributed by atoms with E-state index in [9.17, 15) is 14.4 Å². The Balaban J connectivity index is 2.56. The van der Waals surface area contributed by atoms with Crippen LogP contribution in [0.3, 0.4) is 0 Å². The molecule has 1 rings (SSSR count). The number of halogens is 1. The summed E-state index contributed by atoms with van der Waals surface area (Å²) in [7, 11) is 0. The van der Waals surface area contributed by atoms with Crippen molar-refractivity contribution in [3.8, 4) is 5.75 Å². The van der Waals surface area contributed by atoms with Crippen LogP contribution in [0.2, 0.25) is 5.02 Å². The fraction of sp³-hybridized carbons (Fsp3) is 0.438. The zero-order valence-corrected chi connectivity index (χ0v) is 14.2. The summed E-state index contributed by atoms with van der Waals surface area (Å²) in [5, 5.41) is 5.52. The molecule has 0 atom stereocenters. The third kappa shape index (κ3) is 6.69. The molecule has 2 amide bonds. The number of amides is 2. The van der Waals surface area contributed by atoms with E-state index in [1.807, 2.05) is 13.8 Å². The Kier molecular flexibility index (Phi) is 7.54. The van der Waals surface area contributed by atoms with Crippen molar-refractivity contribution in [3.05, 3.63) is 28.8 Å². The Morgan fingerprint density at radius 1 is 1.22 bits per heavy atom. The first-order chi connectivity index (χ1) is 10.8. The summed E-state index contributed by atoms with van der Waals surface area (Å²) in [5.41, 5.74) is 0.338. The van der Waals surface area contributed by atoms with Gasteiger partial charge in [-0.1, -0.05) is 18.5 Å². The molecule has 0 radical (unpaired) electrons. The van der Waals surface area contributed by atoms with E-state index in [-0.39, 0.29) is 30.9 Å². The van der Waals surface area contributed by atoms with Gasteiger partial charge in [0.05, 0.1) is 12.1 Å². The van der Waals surface area contributed by atoms with Crippen LogP contribution in [-0.2, 0) is 9.59 Å². The number of hydrogen-bond acceptors (Lipinski definition) is 4. The van der Waals surface area contributed by atoms with Crippen molar-refractivity contribution in [2.45, 2.75) is 33.2 Å². The summed E-state index contributed by atoms with van der Waals surface area (Å²) in [6, 6.07) is 4.64. The first-order valence-electron chi connectivity index (χ1n) is 7.35. The molecule has 0 saturated carbocycles. The second-order valence-electron chi connectivity index (χ2n) is 5.20. The van der Waals surface area contributed by atoms with E-state index in [1.54, 1.807) is 19.1 Å². The van der Waals surface area contributed by atoms with Gasteiger partial charge < -0.3 is 15.4 Å². The lowest BCUT2D eigenvalue weighted by Crippen LogP contribution is -2.41. The minimum absolute atomic E-state index is 0.00679. The Bertz CT molecular complexity index is 587. The topological polar surface area (TPSA) is 84.5 Å². The quantitative estimate of drug-likeness (QED) is 0.708. The van der Waals surface area contributed by atoms with Crippen LogP contribution in [0, 0.1) is 0 Å². The molecule has 0 aliphatic carbocycles. The smallest absolute Gasteiger partial charge is 0.258 e. The molecule has 1 aromatic rings. The molecule has 0 heterocycles. The van der Waals surface area contributed by atoms with Crippen molar-refractivity contribution in [2.24, 2.45) is 0 Å². The number of rotatable bonds is 8. The molecule has 126 valence electrons. The van der Waals surface area contributed by atoms with Crippen LogP contribution in [0.25, 0.3) is 0 Å². The van der Waals surface area contributed by atoms with Gasteiger partial charge in [0.15, 0.2) is 12.4 Å². The lowest BCUT2D eigenvalue weighted by Gasteiger charge is -2.12. The molecule has 6 nitrogen and oxygen atoms in total. The summed E-state index contributed by atoms with van der Waals surface area (Å²) in [6.07, 6.45) is 0.304. The first-order valence-corrected chi connectivity index (χ1v) is 7.72. The zero-order valence-electron chi connectivity index (χ0n) is 13.4. The number of carbonyl (C=O) groups is 3. The third-order valence-corrected chi connectivity index (χ3v) is 3.05. The molecule has 0 saturated heterocycles. The Labute approximate surface area is 140 Å². The second-order valence-corrected chi connectivity index (χ2v) is 5.64. The van der Waals surface area contributed by atoms with Gasteiger partial charge in [-0.2, -0.15) is 0 Å². The van der Waals surface area contributed by atoms with Crippen molar-refractivity contribution >= 4 is 29.2 Å². The molecule has 0 aromatic heterocycles. The molecular weight excluding hydrogens is 320 g/mol. The van der Waals surface area contributed by atoms with Crippen molar-refractivity contribution in [1.29, 1.82) is 0 Å². The van der Waals surface area contributed by atoms with Crippen LogP contribution in [0.15, 0.2) is 18.2 Å². The van der Waals surface area contributed by atoms with E-state index in [1.165, 1.54) is 6.07 Å². The number of Topliss-reactive ketones (excluding diaryl/α,β-unsaturated/α-hetero) is 1. The highest BCUT2D eigenvalue weighted by Gasteiger charge is 2.13. The van der Waals surface area contributed by atoms with E-state index in [4.69, 9.17) is 16.3 Å². The van der Waals surface area contributed by atoms with Gasteiger partial charge in [0.25, 0.3) is 5.91 Å². The van der Waals surface area contributed by atoms with Gasteiger partial charge in [0.2, 0.25) is 5.91 Å². The number of nitrogens with one attached hydrogen (secondary N) is 2. The third-order valence-electron chi connectivity index (χ3n) is 2.82. The van der Waals surface area contributed by atoms with Gasteiger partial charge in [0, 0.05) is 17.5 Å². The maximum Gasteiger partial charge on any atom is 0.258 e. The number of carbonyl (C=O) groups excluding carboxylic acids is 3. The molecule has 0 aliphatic rings. The molecule has 0 bridgehead atoms. The van der Waals surface area contributed by atoms with Crippen molar-refractivity contribution < 1.29 is 19.1 Å². The van der Waals surface area contributed by atoms with E-state index in [2.05, 4.69) is 10.6 Å². The van der Waals surface area contributed by atoms with Crippen LogP contribution in [0.1, 0.15) is 37.6 Å². The second kappa shape index (κ2) is 9.15. The Morgan fingerprint density at radius 3 is 2.52 bits per heavy atom. The summed E-state index contributed by atoms with van der Waals surface area (Å²) in [4.78, 5) is 35.0. The average Bonchev–Trinajstić information content (AvgIpc) is 2.50. The molecule has 0 fully saturated rings. The first kappa shape index (κ1) is 19.0. The fourth-order valence-electron chi connectivity index (χ4n) is 1.78.